The van der Waals surface area contributed by atoms with Gasteiger partial charge in [-0.15, -0.1) is 0 Å². The van der Waals surface area contributed by atoms with Gasteiger partial charge >= 0.3 is 0 Å². The highest BCUT2D eigenvalue weighted by Crippen LogP contribution is 2.41. The van der Waals surface area contributed by atoms with Gasteiger partial charge in [-0.05, 0) is 61.0 Å². The van der Waals surface area contributed by atoms with Crippen molar-refractivity contribution in [3.8, 4) is 0 Å². The highest BCUT2D eigenvalue weighted by Gasteiger charge is 2.28. The van der Waals surface area contributed by atoms with Gasteiger partial charge < -0.3 is 0 Å². The van der Waals surface area contributed by atoms with Crippen molar-refractivity contribution < 1.29 is 0 Å². The third-order valence-corrected chi connectivity index (χ3v) is 5.85. The average Bonchev–Trinajstić information content (AvgIpc) is 2.57. The molecule has 2 aliphatic carbocycles. The summed E-state index contributed by atoms with van der Waals surface area (Å²) in [4.78, 5) is 0. The van der Waals surface area contributed by atoms with Crippen LogP contribution in [0.2, 0.25) is 0 Å². The second-order valence-corrected chi connectivity index (χ2v) is 7.20. The van der Waals surface area contributed by atoms with Gasteiger partial charge in [0, 0.05) is 0 Å². The Bertz CT molecular complexity index is 448. The monoisotopic (exact) mass is 282 g/mol. The zero-order chi connectivity index (χ0) is 14.5. The number of benzene rings is 1. The first-order chi connectivity index (χ1) is 10.4. The van der Waals surface area contributed by atoms with E-state index in [0.717, 1.165) is 17.8 Å². The van der Waals surface area contributed by atoms with Crippen molar-refractivity contribution >= 4 is 5.57 Å². The lowest BCUT2D eigenvalue weighted by Crippen LogP contribution is -2.23. The van der Waals surface area contributed by atoms with E-state index in [1.807, 2.05) is 0 Å². The minimum absolute atomic E-state index is 0.972. The molecule has 1 aromatic rings. The highest BCUT2D eigenvalue weighted by molar-refractivity contribution is 5.66. The minimum atomic E-state index is 0.972. The van der Waals surface area contributed by atoms with Crippen LogP contribution in [-0.4, -0.2) is 0 Å². The summed E-state index contributed by atoms with van der Waals surface area (Å²) in [6, 6.07) is 11.0. The van der Waals surface area contributed by atoms with Gasteiger partial charge in [0.2, 0.25) is 0 Å². The van der Waals surface area contributed by atoms with Gasteiger partial charge in [0.15, 0.2) is 0 Å². The van der Waals surface area contributed by atoms with Crippen molar-refractivity contribution in [1.82, 2.24) is 0 Å². The molecule has 1 unspecified atom stereocenters. The minimum Gasteiger partial charge on any atom is -0.0804 e. The smallest absolute Gasteiger partial charge is 0.0228 e. The second kappa shape index (κ2) is 7.29. The SMILES string of the molecule is CCCC1CCC(C2CC=C(c3ccccc3)CC2)CC1. The van der Waals surface area contributed by atoms with Crippen LogP contribution >= 0.6 is 0 Å². The zero-order valence-corrected chi connectivity index (χ0v) is 13.6. The quantitative estimate of drug-likeness (QED) is 0.593. The number of hydrogen-bond acceptors (Lipinski definition) is 0. The maximum absolute atomic E-state index is 2.54. The molecule has 0 amide bonds. The van der Waals surface area contributed by atoms with E-state index < -0.39 is 0 Å². The Morgan fingerprint density at radius 2 is 1.67 bits per heavy atom. The topological polar surface area (TPSA) is 0 Å². The molecule has 0 spiro atoms. The fourth-order valence-electron chi connectivity index (χ4n) is 4.55. The molecule has 0 saturated heterocycles. The predicted molar refractivity (Wildman–Crippen MR) is 92.1 cm³/mol. The van der Waals surface area contributed by atoms with Crippen LogP contribution in [0.4, 0.5) is 0 Å². The largest absolute Gasteiger partial charge is 0.0804 e. The summed E-state index contributed by atoms with van der Waals surface area (Å²) < 4.78 is 0. The molecular weight excluding hydrogens is 252 g/mol. The summed E-state index contributed by atoms with van der Waals surface area (Å²) in [6.45, 7) is 2.34. The van der Waals surface area contributed by atoms with Crippen molar-refractivity contribution in [3.63, 3.8) is 0 Å². The standard InChI is InChI=1S/C21H30/c1-2-6-17-9-11-19(12-10-17)21-15-13-20(14-16-21)18-7-4-3-5-8-18/h3-5,7-8,13,17,19,21H,2,6,9-12,14-16H2,1H3. The maximum Gasteiger partial charge on any atom is -0.0228 e. The van der Waals surface area contributed by atoms with E-state index in [4.69, 9.17) is 0 Å². The third-order valence-electron chi connectivity index (χ3n) is 5.85. The molecule has 2 aliphatic rings. The average molecular weight is 282 g/mol. The van der Waals surface area contributed by atoms with Crippen molar-refractivity contribution in [2.45, 2.75) is 64.7 Å². The van der Waals surface area contributed by atoms with Gasteiger partial charge in [-0.2, -0.15) is 0 Å². The van der Waals surface area contributed by atoms with E-state index in [9.17, 15) is 0 Å². The molecule has 0 radical (unpaired) electrons. The van der Waals surface area contributed by atoms with E-state index in [1.165, 1.54) is 63.4 Å². The summed E-state index contributed by atoms with van der Waals surface area (Å²) in [5.41, 5.74) is 3.04. The molecule has 0 aliphatic heterocycles. The molecule has 21 heavy (non-hydrogen) atoms. The summed E-state index contributed by atoms with van der Waals surface area (Å²) >= 11 is 0. The van der Waals surface area contributed by atoms with Crippen LogP contribution in [0.1, 0.15) is 70.3 Å². The van der Waals surface area contributed by atoms with E-state index in [1.54, 1.807) is 5.57 Å². The number of rotatable bonds is 4. The Morgan fingerprint density at radius 3 is 2.29 bits per heavy atom. The van der Waals surface area contributed by atoms with Crippen LogP contribution in [0, 0.1) is 17.8 Å². The van der Waals surface area contributed by atoms with Crippen LogP contribution in [0.15, 0.2) is 36.4 Å². The zero-order valence-electron chi connectivity index (χ0n) is 13.6. The second-order valence-electron chi connectivity index (χ2n) is 7.20. The molecule has 0 heteroatoms. The van der Waals surface area contributed by atoms with Gasteiger partial charge in [0.05, 0.1) is 0 Å². The lowest BCUT2D eigenvalue weighted by molar-refractivity contribution is 0.189. The van der Waals surface area contributed by atoms with E-state index in [2.05, 4.69) is 43.3 Å². The maximum atomic E-state index is 2.54. The fraction of sp³-hybridized carbons (Fsp3) is 0.619. The first-order valence-corrected chi connectivity index (χ1v) is 9.11. The first kappa shape index (κ1) is 14.9. The fourth-order valence-corrected chi connectivity index (χ4v) is 4.55. The van der Waals surface area contributed by atoms with Gasteiger partial charge in [0.1, 0.15) is 0 Å². The lowest BCUT2D eigenvalue weighted by atomic mass is 9.70. The summed E-state index contributed by atoms with van der Waals surface area (Å²) in [7, 11) is 0. The van der Waals surface area contributed by atoms with Crippen molar-refractivity contribution in [3.05, 3.63) is 42.0 Å². The molecule has 0 heterocycles. The van der Waals surface area contributed by atoms with E-state index in [0.29, 0.717) is 0 Å². The lowest BCUT2D eigenvalue weighted by Gasteiger charge is -2.35. The Morgan fingerprint density at radius 1 is 0.905 bits per heavy atom. The molecule has 0 nitrogen and oxygen atoms in total. The Labute approximate surface area is 130 Å². The van der Waals surface area contributed by atoms with Crippen LogP contribution in [0.25, 0.3) is 5.57 Å². The van der Waals surface area contributed by atoms with Crippen molar-refractivity contribution in [2.24, 2.45) is 17.8 Å². The molecular formula is C21H30. The molecule has 1 saturated carbocycles. The Balaban J connectivity index is 1.53. The normalized spacial score (nSPS) is 30.0. The van der Waals surface area contributed by atoms with Crippen molar-refractivity contribution in [1.29, 1.82) is 0 Å². The van der Waals surface area contributed by atoms with Gasteiger partial charge in [-0.3, -0.25) is 0 Å². The van der Waals surface area contributed by atoms with Crippen LogP contribution < -0.4 is 0 Å². The molecule has 1 atom stereocenters. The van der Waals surface area contributed by atoms with Crippen molar-refractivity contribution in [2.75, 3.05) is 0 Å². The van der Waals surface area contributed by atoms with E-state index >= 15 is 0 Å². The van der Waals surface area contributed by atoms with Crippen LogP contribution in [0.5, 0.6) is 0 Å². The molecule has 1 aromatic carbocycles. The molecule has 114 valence electrons. The van der Waals surface area contributed by atoms with Gasteiger partial charge in [-0.25, -0.2) is 0 Å². The summed E-state index contributed by atoms with van der Waals surface area (Å²) in [6.07, 6.45) is 15.4. The third kappa shape index (κ3) is 3.78. The Kier molecular flexibility index (Phi) is 5.17. The summed E-state index contributed by atoms with van der Waals surface area (Å²) in [5, 5.41) is 0. The van der Waals surface area contributed by atoms with Gasteiger partial charge in [0.25, 0.3) is 0 Å². The van der Waals surface area contributed by atoms with Crippen LogP contribution in [0.3, 0.4) is 0 Å². The highest BCUT2D eigenvalue weighted by atomic mass is 14.3. The molecule has 3 rings (SSSR count). The Hall–Kier alpha value is -1.04. The number of allylic oxidation sites excluding steroid dienone is 2. The molecule has 0 aromatic heterocycles. The molecule has 0 bridgehead atoms. The number of hydrogen-bond donors (Lipinski definition) is 0. The summed E-state index contributed by atoms with van der Waals surface area (Å²) in [5.74, 6) is 3.04. The predicted octanol–water partition coefficient (Wildman–Crippen LogP) is 6.48. The first-order valence-electron chi connectivity index (χ1n) is 9.11. The molecule has 0 N–H and O–H groups in total. The van der Waals surface area contributed by atoms with Crippen LogP contribution in [-0.2, 0) is 0 Å². The molecule has 1 fully saturated rings. The van der Waals surface area contributed by atoms with E-state index in [-0.39, 0.29) is 0 Å². The van der Waals surface area contributed by atoms with Gasteiger partial charge in [-0.1, -0.05) is 69.0 Å².